The highest BCUT2D eigenvalue weighted by molar-refractivity contribution is 5.98. The first kappa shape index (κ1) is 32.7. The van der Waals surface area contributed by atoms with Crippen molar-refractivity contribution in [1.82, 2.24) is 0 Å². The summed E-state index contributed by atoms with van der Waals surface area (Å²) in [4.78, 5) is 35.7. The minimum Gasteiger partial charge on any atom is -0.507 e. The average molecular weight is 557 g/mol. The molecule has 0 unspecified atom stereocenters. The third kappa shape index (κ3) is 9.57. The van der Waals surface area contributed by atoms with Crippen molar-refractivity contribution in [1.29, 1.82) is 0 Å². The number of Topliss-reactive ketones (excluding diaryl/α,β-unsaturated/α-hetero) is 2. The predicted octanol–water partition coefficient (Wildman–Crippen LogP) is 6.66. The fraction of sp³-hybridized carbons (Fsp3) is 0.531. The van der Waals surface area contributed by atoms with Crippen molar-refractivity contribution in [2.45, 2.75) is 86.0 Å². The van der Waals surface area contributed by atoms with Crippen LogP contribution < -0.4 is 14.2 Å². The normalized spacial score (nSPS) is 10.7. The van der Waals surface area contributed by atoms with Crippen molar-refractivity contribution in [2.75, 3.05) is 26.4 Å². The fourth-order valence-corrected chi connectivity index (χ4v) is 4.39. The fourth-order valence-electron chi connectivity index (χ4n) is 4.39. The topological polar surface area (TPSA) is 108 Å². The van der Waals surface area contributed by atoms with Crippen molar-refractivity contribution in [3.05, 3.63) is 46.5 Å². The van der Waals surface area contributed by atoms with E-state index in [9.17, 15) is 19.5 Å². The van der Waals surface area contributed by atoms with Crippen LogP contribution in [0.1, 0.15) is 105 Å². The lowest BCUT2D eigenvalue weighted by atomic mass is 10.0. The molecule has 220 valence electrons. The largest absolute Gasteiger partial charge is 0.507 e. The number of hydrogen-bond donors (Lipinski definition) is 1. The van der Waals surface area contributed by atoms with Gasteiger partial charge in [-0.3, -0.25) is 14.4 Å². The van der Waals surface area contributed by atoms with Gasteiger partial charge < -0.3 is 24.1 Å². The molecule has 0 atom stereocenters. The Hall–Kier alpha value is -3.55. The van der Waals surface area contributed by atoms with Crippen LogP contribution in [0.25, 0.3) is 0 Å². The monoisotopic (exact) mass is 556 g/mol. The molecule has 0 amide bonds. The second-order valence-corrected chi connectivity index (χ2v) is 9.63. The Morgan fingerprint density at radius 1 is 0.700 bits per heavy atom. The van der Waals surface area contributed by atoms with Crippen LogP contribution in [0, 0.1) is 0 Å². The van der Waals surface area contributed by atoms with Crippen molar-refractivity contribution >= 4 is 17.5 Å². The van der Waals surface area contributed by atoms with Gasteiger partial charge in [0.15, 0.2) is 11.6 Å². The van der Waals surface area contributed by atoms with Crippen molar-refractivity contribution in [3.63, 3.8) is 0 Å². The molecule has 0 aliphatic rings. The first-order valence-electron chi connectivity index (χ1n) is 14.3. The van der Waals surface area contributed by atoms with Crippen LogP contribution in [0.4, 0.5) is 0 Å². The molecule has 0 spiro atoms. The highest BCUT2D eigenvalue weighted by Crippen LogP contribution is 2.35. The zero-order chi connectivity index (χ0) is 29.5. The summed E-state index contributed by atoms with van der Waals surface area (Å²) in [7, 11) is 0. The zero-order valence-corrected chi connectivity index (χ0v) is 24.6. The maximum absolute atomic E-state index is 12.3. The number of carbonyl (C=O) groups is 3. The Bertz CT molecular complexity index is 1140. The molecule has 0 heterocycles. The van der Waals surface area contributed by atoms with E-state index in [-0.39, 0.29) is 29.7 Å². The molecule has 8 nitrogen and oxygen atoms in total. The SMILES string of the molecule is CCCc1c(OCCCCOc2ccc(C(C)=O)c(OCCCC(=O)OCC)c2CCC)ccc(C(C)=O)c1O. The minimum absolute atomic E-state index is 0.00607. The van der Waals surface area contributed by atoms with Crippen molar-refractivity contribution in [3.8, 4) is 23.0 Å². The maximum atomic E-state index is 12.3. The molecule has 8 heteroatoms. The van der Waals surface area contributed by atoms with Crippen LogP contribution in [0.5, 0.6) is 23.0 Å². The third-order valence-corrected chi connectivity index (χ3v) is 6.35. The Balaban J connectivity index is 2.00. The molecule has 2 aromatic rings. The molecule has 0 radical (unpaired) electrons. The van der Waals surface area contributed by atoms with E-state index in [1.807, 2.05) is 13.0 Å². The molecule has 0 aliphatic heterocycles. The molecule has 0 bridgehead atoms. The second-order valence-electron chi connectivity index (χ2n) is 9.63. The van der Waals surface area contributed by atoms with Gasteiger partial charge in [-0.05, 0) is 77.1 Å². The highest BCUT2D eigenvalue weighted by atomic mass is 16.5. The van der Waals surface area contributed by atoms with E-state index in [0.717, 1.165) is 31.2 Å². The van der Waals surface area contributed by atoms with Crippen LogP contribution in [-0.2, 0) is 22.4 Å². The van der Waals surface area contributed by atoms with Gasteiger partial charge in [0, 0.05) is 17.5 Å². The molecule has 40 heavy (non-hydrogen) atoms. The van der Waals surface area contributed by atoms with Gasteiger partial charge in [0.1, 0.15) is 23.0 Å². The first-order valence-corrected chi connectivity index (χ1v) is 14.3. The summed E-state index contributed by atoms with van der Waals surface area (Å²) in [5.41, 5.74) is 2.33. The number of ether oxygens (including phenoxy) is 4. The summed E-state index contributed by atoms with van der Waals surface area (Å²) < 4.78 is 23.1. The summed E-state index contributed by atoms with van der Waals surface area (Å²) >= 11 is 0. The molecular formula is C32H44O8. The molecule has 0 saturated carbocycles. The number of ketones is 2. The third-order valence-electron chi connectivity index (χ3n) is 6.35. The van der Waals surface area contributed by atoms with Gasteiger partial charge in [-0.1, -0.05) is 26.7 Å². The number of phenolic OH excluding ortho intramolecular Hbond substituents is 1. The smallest absolute Gasteiger partial charge is 0.305 e. The van der Waals surface area contributed by atoms with Crippen LogP contribution in [0.2, 0.25) is 0 Å². The summed E-state index contributed by atoms with van der Waals surface area (Å²) in [5, 5.41) is 10.5. The van der Waals surface area contributed by atoms with E-state index in [1.165, 1.54) is 13.8 Å². The maximum Gasteiger partial charge on any atom is 0.305 e. The average Bonchev–Trinajstić information content (AvgIpc) is 2.91. The zero-order valence-electron chi connectivity index (χ0n) is 24.6. The van der Waals surface area contributed by atoms with Gasteiger partial charge in [0.2, 0.25) is 0 Å². The molecule has 0 fully saturated rings. The summed E-state index contributed by atoms with van der Waals surface area (Å²) in [6, 6.07) is 6.90. The van der Waals surface area contributed by atoms with E-state index >= 15 is 0 Å². The Kier molecular flexibility index (Phi) is 14.0. The predicted molar refractivity (Wildman–Crippen MR) is 154 cm³/mol. The molecule has 0 aliphatic carbocycles. The lowest BCUT2D eigenvalue weighted by Crippen LogP contribution is -2.11. The van der Waals surface area contributed by atoms with E-state index in [1.54, 1.807) is 25.1 Å². The Morgan fingerprint density at radius 3 is 1.77 bits per heavy atom. The lowest BCUT2D eigenvalue weighted by molar-refractivity contribution is -0.143. The van der Waals surface area contributed by atoms with Crippen molar-refractivity contribution in [2.24, 2.45) is 0 Å². The van der Waals surface area contributed by atoms with Crippen LogP contribution >= 0.6 is 0 Å². The standard InChI is InChI=1S/C32H44O8/c1-6-12-26-28(17-15-24(22(4)33)31(26)36)38-19-9-10-20-39-29-18-16-25(23(5)34)32(27(29)13-7-2)40-21-11-14-30(35)37-8-3/h15-18,36H,6-14,19-21H2,1-5H3. The number of hydrogen-bond acceptors (Lipinski definition) is 8. The second kappa shape index (κ2) is 17.2. The van der Waals surface area contributed by atoms with Crippen molar-refractivity contribution < 1.29 is 38.4 Å². The molecule has 0 aromatic heterocycles. The van der Waals surface area contributed by atoms with E-state index in [4.69, 9.17) is 18.9 Å². The highest BCUT2D eigenvalue weighted by Gasteiger charge is 2.19. The molecule has 1 N–H and O–H groups in total. The number of unbranched alkanes of at least 4 members (excludes halogenated alkanes) is 1. The van der Waals surface area contributed by atoms with Crippen LogP contribution in [0.3, 0.4) is 0 Å². The number of benzene rings is 2. The van der Waals surface area contributed by atoms with Crippen LogP contribution in [0.15, 0.2) is 24.3 Å². The van der Waals surface area contributed by atoms with Gasteiger partial charge in [0.25, 0.3) is 0 Å². The molecular weight excluding hydrogens is 512 g/mol. The summed E-state index contributed by atoms with van der Waals surface area (Å²) in [6.45, 7) is 10.3. The van der Waals surface area contributed by atoms with Gasteiger partial charge in [-0.2, -0.15) is 0 Å². The number of aromatic hydroxyl groups is 1. The van der Waals surface area contributed by atoms with Gasteiger partial charge >= 0.3 is 5.97 Å². The summed E-state index contributed by atoms with van der Waals surface area (Å²) in [5.74, 6) is 1.28. The quantitative estimate of drug-likeness (QED) is 0.116. The Labute approximate surface area is 238 Å². The number of esters is 1. The molecule has 2 aromatic carbocycles. The summed E-state index contributed by atoms with van der Waals surface area (Å²) in [6.07, 6.45) is 5.18. The Morgan fingerprint density at radius 2 is 1.23 bits per heavy atom. The van der Waals surface area contributed by atoms with Gasteiger partial charge in [-0.25, -0.2) is 0 Å². The first-order chi connectivity index (χ1) is 19.2. The van der Waals surface area contributed by atoms with E-state index < -0.39 is 0 Å². The lowest BCUT2D eigenvalue weighted by Gasteiger charge is -2.19. The number of rotatable bonds is 19. The van der Waals surface area contributed by atoms with Crippen LogP contribution in [-0.4, -0.2) is 49.1 Å². The number of phenols is 1. The van der Waals surface area contributed by atoms with E-state index in [2.05, 4.69) is 6.92 Å². The molecule has 2 rings (SSSR count). The van der Waals surface area contributed by atoms with Gasteiger partial charge in [0.05, 0.1) is 37.6 Å². The minimum atomic E-state index is -0.265. The van der Waals surface area contributed by atoms with Gasteiger partial charge in [-0.15, -0.1) is 0 Å². The van der Waals surface area contributed by atoms with E-state index in [0.29, 0.717) is 79.6 Å². The number of carbonyl (C=O) groups excluding carboxylic acids is 3. The molecule has 0 saturated heterocycles.